The number of ether oxygens (including phenoxy) is 1. The van der Waals surface area contributed by atoms with E-state index < -0.39 is 0 Å². The molecule has 1 heterocycles. The Morgan fingerprint density at radius 1 is 1.67 bits per heavy atom. The molecule has 0 amide bonds. The Morgan fingerprint density at radius 2 is 2.42 bits per heavy atom. The standard InChI is InChI=1S/C7H9ClN2O2/c1-12-7-5(4-9-11)2-3-6(8)10-7/h2-3,9,11H,4H2,1H3. The third-order valence-electron chi connectivity index (χ3n) is 1.37. The van der Waals surface area contributed by atoms with E-state index >= 15 is 0 Å². The number of hydrogen-bond acceptors (Lipinski definition) is 4. The molecule has 0 aliphatic carbocycles. The van der Waals surface area contributed by atoms with E-state index in [1.165, 1.54) is 7.11 Å². The van der Waals surface area contributed by atoms with Gasteiger partial charge in [-0.3, -0.25) is 0 Å². The molecule has 0 fully saturated rings. The predicted molar refractivity (Wildman–Crippen MR) is 44.4 cm³/mol. The molecule has 0 aromatic carbocycles. The Bertz CT molecular complexity index is 268. The molecule has 66 valence electrons. The maximum Gasteiger partial charge on any atom is 0.219 e. The van der Waals surface area contributed by atoms with Crippen molar-refractivity contribution >= 4 is 11.6 Å². The lowest BCUT2D eigenvalue weighted by Gasteiger charge is -2.05. The maximum atomic E-state index is 8.44. The van der Waals surface area contributed by atoms with E-state index in [0.29, 0.717) is 11.0 Å². The van der Waals surface area contributed by atoms with Gasteiger partial charge in [0.25, 0.3) is 0 Å². The van der Waals surface area contributed by atoms with Crippen LogP contribution in [-0.2, 0) is 6.54 Å². The summed E-state index contributed by atoms with van der Waals surface area (Å²) in [6, 6.07) is 3.37. The Balaban J connectivity index is 2.94. The fraction of sp³-hybridized carbons (Fsp3) is 0.286. The minimum absolute atomic E-state index is 0.285. The first kappa shape index (κ1) is 9.25. The SMILES string of the molecule is COc1nc(Cl)ccc1CNO. The molecule has 12 heavy (non-hydrogen) atoms. The monoisotopic (exact) mass is 188 g/mol. The quantitative estimate of drug-likeness (QED) is 0.553. The summed E-state index contributed by atoms with van der Waals surface area (Å²) in [5, 5.41) is 8.81. The summed E-state index contributed by atoms with van der Waals surface area (Å²) in [5.74, 6) is 0.420. The molecular weight excluding hydrogens is 180 g/mol. The molecule has 2 N–H and O–H groups in total. The highest BCUT2D eigenvalue weighted by molar-refractivity contribution is 6.29. The minimum Gasteiger partial charge on any atom is -0.481 e. The third kappa shape index (κ3) is 2.07. The molecule has 1 aromatic heterocycles. The summed E-state index contributed by atoms with van der Waals surface area (Å²) in [6.45, 7) is 0.285. The van der Waals surface area contributed by atoms with Crippen molar-refractivity contribution in [1.82, 2.24) is 10.5 Å². The predicted octanol–water partition coefficient (Wildman–Crippen LogP) is 1.22. The number of pyridine rings is 1. The number of rotatable bonds is 3. The van der Waals surface area contributed by atoms with Crippen molar-refractivity contribution in [3.05, 3.63) is 22.8 Å². The smallest absolute Gasteiger partial charge is 0.219 e. The van der Waals surface area contributed by atoms with E-state index in [1.54, 1.807) is 12.1 Å². The molecule has 5 heteroatoms. The first-order valence-electron chi connectivity index (χ1n) is 3.34. The molecule has 0 aliphatic rings. The van der Waals surface area contributed by atoms with Crippen molar-refractivity contribution in [3.63, 3.8) is 0 Å². The zero-order valence-electron chi connectivity index (χ0n) is 6.54. The average Bonchev–Trinajstić information content (AvgIpc) is 2.08. The molecule has 0 atom stereocenters. The topological polar surface area (TPSA) is 54.4 Å². The van der Waals surface area contributed by atoms with E-state index in [1.807, 2.05) is 5.48 Å². The van der Waals surface area contributed by atoms with E-state index in [-0.39, 0.29) is 6.54 Å². The fourth-order valence-electron chi connectivity index (χ4n) is 0.843. The van der Waals surface area contributed by atoms with Crippen LogP contribution >= 0.6 is 11.6 Å². The van der Waals surface area contributed by atoms with Gasteiger partial charge in [-0.05, 0) is 12.1 Å². The fourth-order valence-corrected chi connectivity index (χ4v) is 0.983. The summed E-state index contributed by atoms with van der Waals surface area (Å²) >= 11 is 5.62. The Kier molecular flexibility index (Phi) is 3.28. The average molecular weight is 189 g/mol. The van der Waals surface area contributed by atoms with Crippen LogP contribution in [0.25, 0.3) is 0 Å². The number of nitrogens with one attached hydrogen (secondary N) is 1. The summed E-state index contributed by atoms with van der Waals surface area (Å²) in [4.78, 5) is 3.90. The van der Waals surface area contributed by atoms with Gasteiger partial charge in [0, 0.05) is 5.56 Å². The molecular formula is C7H9ClN2O2. The molecule has 0 saturated heterocycles. The zero-order chi connectivity index (χ0) is 8.97. The van der Waals surface area contributed by atoms with Crippen molar-refractivity contribution in [2.45, 2.75) is 6.54 Å². The van der Waals surface area contributed by atoms with Crippen LogP contribution in [0.4, 0.5) is 0 Å². The van der Waals surface area contributed by atoms with Crippen molar-refractivity contribution in [2.24, 2.45) is 0 Å². The van der Waals surface area contributed by atoms with Gasteiger partial charge in [0.05, 0.1) is 13.7 Å². The molecule has 1 rings (SSSR count). The van der Waals surface area contributed by atoms with Gasteiger partial charge in [0.15, 0.2) is 0 Å². The van der Waals surface area contributed by atoms with Gasteiger partial charge in [-0.1, -0.05) is 11.6 Å². The highest BCUT2D eigenvalue weighted by atomic mass is 35.5. The molecule has 0 saturated carbocycles. The first-order valence-corrected chi connectivity index (χ1v) is 3.72. The zero-order valence-corrected chi connectivity index (χ0v) is 7.30. The minimum atomic E-state index is 0.285. The summed E-state index contributed by atoms with van der Waals surface area (Å²) in [6.07, 6.45) is 0. The molecule has 0 aliphatic heterocycles. The van der Waals surface area contributed by atoms with E-state index in [4.69, 9.17) is 21.5 Å². The second-order valence-electron chi connectivity index (χ2n) is 2.14. The van der Waals surface area contributed by atoms with Crippen molar-refractivity contribution in [1.29, 1.82) is 0 Å². The van der Waals surface area contributed by atoms with Gasteiger partial charge in [-0.15, -0.1) is 0 Å². The maximum absolute atomic E-state index is 8.44. The Morgan fingerprint density at radius 3 is 3.00 bits per heavy atom. The van der Waals surface area contributed by atoms with Gasteiger partial charge in [-0.25, -0.2) is 10.5 Å². The van der Waals surface area contributed by atoms with Gasteiger partial charge in [0.1, 0.15) is 5.15 Å². The summed E-state index contributed by atoms with van der Waals surface area (Å²) < 4.78 is 4.93. The third-order valence-corrected chi connectivity index (χ3v) is 1.58. The van der Waals surface area contributed by atoms with Crippen LogP contribution in [0.1, 0.15) is 5.56 Å². The second kappa shape index (κ2) is 4.25. The number of methoxy groups -OCH3 is 1. The number of nitrogens with zero attached hydrogens (tertiary/aromatic N) is 1. The lowest BCUT2D eigenvalue weighted by Crippen LogP contribution is -2.08. The van der Waals surface area contributed by atoms with Gasteiger partial charge < -0.3 is 9.94 Å². The van der Waals surface area contributed by atoms with Crippen molar-refractivity contribution < 1.29 is 9.94 Å². The summed E-state index contributed by atoms with van der Waals surface area (Å²) in [7, 11) is 1.50. The van der Waals surface area contributed by atoms with Crippen LogP contribution < -0.4 is 10.2 Å². The molecule has 0 spiro atoms. The molecule has 0 unspecified atom stereocenters. The van der Waals surface area contributed by atoms with Gasteiger partial charge in [0.2, 0.25) is 5.88 Å². The van der Waals surface area contributed by atoms with E-state index in [2.05, 4.69) is 4.98 Å². The van der Waals surface area contributed by atoms with Crippen LogP contribution in [0.15, 0.2) is 12.1 Å². The van der Waals surface area contributed by atoms with Crippen molar-refractivity contribution in [3.8, 4) is 5.88 Å². The highest BCUT2D eigenvalue weighted by Gasteiger charge is 2.03. The lowest BCUT2D eigenvalue weighted by molar-refractivity contribution is 0.160. The van der Waals surface area contributed by atoms with Crippen LogP contribution in [-0.4, -0.2) is 17.3 Å². The second-order valence-corrected chi connectivity index (χ2v) is 2.52. The molecule has 1 aromatic rings. The largest absolute Gasteiger partial charge is 0.481 e. The van der Waals surface area contributed by atoms with Crippen LogP contribution in [0.5, 0.6) is 5.88 Å². The lowest BCUT2D eigenvalue weighted by atomic mass is 10.3. The van der Waals surface area contributed by atoms with Crippen LogP contribution in [0, 0.1) is 0 Å². The van der Waals surface area contributed by atoms with E-state index in [0.717, 1.165) is 5.56 Å². The highest BCUT2D eigenvalue weighted by Crippen LogP contribution is 2.17. The van der Waals surface area contributed by atoms with Gasteiger partial charge in [-0.2, -0.15) is 0 Å². The number of halogens is 1. The van der Waals surface area contributed by atoms with Gasteiger partial charge >= 0.3 is 0 Å². The number of aromatic nitrogens is 1. The Hall–Kier alpha value is -0.840. The van der Waals surface area contributed by atoms with Crippen molar-refractivity contribution in [2.75, 3.05) is 7.11 Å². The first-order chi connectivity index (χ1) is 5.77. The van der Waals surface area contributed by atoms with Crippen LogP contribution in [0.3, 0.4) is 0 Å². The normalized spacial score (nSPS) is 9.92. The van der Waals surface area contributed by atoms with E-state index in [9.17, 15) is 0 Å². The summed E-state index contributed by atoms with van der Waals surface area (Å²) in [5.41, 5.74) is 2.77. The molecule has 0 radical (unpaired) electrons. The number of hydroxylamine groups is 1. The number of hydrogen-bond donors (Lipinski definition) is 2. The Labute approximate surface area is 75.1 Å². The van der Waals surface area contributed by atoms with Crippen LogP contribution in [0.2, 0.25) is 5.15 Å². The molecule has 0 bridgehead atoms. The molecule has 4 nitrogen and oxygen atoms in total.